The highest BCUT2D eigenvalue weighted by atomic mass is 32.1. The van der Waals surface area contributed by atoms with E-state index in [1.807, 2.05) is 90.3 Å². The molecule has 0 unspecified atom stereocenters. The molecular formula is C29H22FN3OS. The van der Waals surface area contributed by atoms with Crippen molar-refractivity contribution in [3.8, 4) is 11.3 Å². The molecule has 1 amide bonds. The van der Waals surface area contributed by atoms with E-state index in [9.17, 15) is 9.18 Å². The number of carbonyl (C=O) groups is 1. The van der Waals surface area contributed by atoms with E-state index >= 15 is 0 Å². The van der Waals surface area contributed by atoms with Gasteiger partial charge in [-0.2, -0.15) is 0 Å². The van der Waals surface area contributed by atoms with Gasteiger partial charge in [-0.15, -0.1) is 11.3 Å². The molecule has 0 bridgehead atoms. The summed E-state index contributed by atoms with van der Waals surface area (Å²) in [5, 5.41) is 8.93. The minimum atomic E-state index is -0.407. The number of amides is 1. The van der Waals surface area contributed by atoms with Crippen molar-refractivity contribution < 1.29 is 9.18 Å². The monoisotopic (exact) mass is 479 g/mol. The third-order valence-corrected chi connectivity index (χ3v) is 6.33. The summed E-state index contributed by atoms with van der Waals surface area (Å²) in [4.78, 5) is 17.9. The molecule has 4 nitrogen and oxygen atoms in total. The first kappa shape index (κ1) is 22.5. The minimum Gasteiger partial charge on any atom is -0.332 e. The normalized spacial score (nSPS) is 10.8. The lowest BCUT2D eigenvalue weighted by Crippen LogP contribution is -2.22. The van der Waals surface area contributed by atoms with Gasteiger partial charge in [0.2, 0.25) is 5.91 Å². The highest BCUT2D eigenvalue weighted by Crippen LogP contribution is 2.29. The molecule has 0 saturated heterocycles. The lowest BCUT2D eigenvalue weighted by molar-refractivity contribution is -0.116. The third-order valence-electron chi connectivity index (χ3n) is 5.58. The fourth-order valence-electron chi connectivity index (χ4n) is 3.85. The zero-order chi connectivity index (χ0) is 24.0. The zero-order valence-corrected chi connectivity index (χ0v) is 19.5. The second-order valence-corrected chi connectivity index (χ2v) is 8.85. The van der Waals surface area contributed by atoms with Crippen LogP contribution in [0.3, 0.4) is 0 Å². The maximum absolute atomic E-state index is 13.3. The van der Waals surface area contributed by atoms with E-state index < -0.39 is 5.92 Å². The maximum atomic E-state index is 13.3. The summed E-state index contributed by atoms with van der Waals surface area (Å²) in [5.74, 6) is -0.772. The molecule has 6 heteroatoms. The predicted octanol–water partition coefficient (Wildman–Crippen LogP) is 7.46. The summed E-state index contributed by atoms with van der Waals surface area (Å²) in [6.45, 7) is 0. The van der Waals surface area contributed by atoms with Gasteiger partial charge >= 0.3 is 0 Å². The highest BCUT2D eigenvalue weighted by molar-refractivity contribution is 7.14. The van der Waals surface area contributed by atoms with E-state index in [0.29, 0.717) is 0 Å². The van der Waals surface area contributed by atoms with Gasteiger partial charge in [0.25, 0.3) is 0 Å². The van der Waals surface area contributed by atoms with Crippen LogP contribution in [0.2, 0.25) is 0 Å². The molecule has 1 aromatic heterocycles. The molecule has 0 aliphatic carbocycles. The SMILES string of the molecule is O=C(Nc1ccc(-c2csc(Nc3ccc(F)cc3)n2)cc1)C(c1ccccc1)c1ccccc1. The first-order valence-electron chi connectivity index (χ1n) is 11.1. The van der Waals surface area contributed by atoms with Crippen molar-refractivity contribution in [2.75, 3.05) is 10.6 Å². The smallest absolute Gasteiger partial charge is 0.236 e. The quantitative estimate of drug-likeness (QED) is 0.255. The van der Waals surface area contributed by atoms with Gasteiger partial charge in [0.05, 0.1) is 11.6 Å². The van der Waals surface area contributed by atoms with Crippen LogP contribution in [0.1, 0.15) is 17.0 Å². The van der Waals surface area contributed by atoms with Crippen molar-refractivity contribution in [2.45, 2.75) is 5.92 Å². The summed E-state index contributed by atoms with van der Waals surface area (Å²) >= 11 is 1.47. The third kappa shape index (κ3) is 5.45. The number of anilines is 3. The van der Waals surface area contributed by atoms with E-state index in [-0.39, 0.29) is 11.7 Å². The van der Waals surface area contributed by atoms with Gasteiger partial charge in [-0.25, -0.2) is 9.37 Å². The van der Waals surface area contributed by atoms with Crippen LogP contribution in [-0.4, -0.2) is 10.9 Å². The first-order valence-corrected chi connectivity index (χ1v) is 12.0. The Morgan fingerprint density at radius 2 is 1.31 bits per heavy atom. The van der Waals surface area contributed by atoms with Crippen LogP contribution >= 0.6 is 11.3 Å². The van der Waals surface area contributed by atoms with Gasteiger partial charge < -0.3 is 10.6 Å². The molecule has 5 rings (SSSR count). The van der Waals surface area contributed by atoms with E-state index in [1.165, 1.54) is 23.5 Å². The van der Waals surface area contributed by atoms with E-state index in [2.05, 4.69) is 15.6 Å². The lowest BCUT2D eigenvalue weighted by atomic mass is 9.90. The maximum Gasteiger partial charge on any atom is 0.236 e. The molecule has 35 heavy (non-hydrogen) atoms. The van der Waals surface area contributed by atoms with E-state index in [1.54, 1.807) is 12.1 Å². The second kappa shape index (κ2) is 10.3. The molecule has 0 spiro atoms. The van der Waals surface area contributed by atoms with Gasteiger partial charge in [-0.1, -0.05) is 72.8 Å². The molecule has 1 heterocycles. The number of nitrogens with one attached hydrogen (secondary N) is 2. The van der Waals surface area contributed by atoms with Gasteiger partial charge in [0.15, 0.2) is 5.13 Å². The molecular weight excluding hydrogens is 457 g/mol. The lowest BCUT2D eigenvalue weighted by Gasteiger charge is -2.18. The Morgan fingerprint density at radius 3 is 1.91 bits per heavy atom. The van der Waals surface area contributed by atoms with Crippen LogP contribution in [0.15, 0.2) is 115 Å². The fraction of sp³-hybridized carbons (Fsp3) is 0.0345. The summed E-state index contributed by atoms with van der Waals surface area (Å²) in [5.41, 5.74) is 5.14. The van der Waals surface area contributed by atoms with Crippen molar-refractivity contribution in [1.29, 1.82) is 0 Å². The summed E-state index contributed by atoms with van der Waals surface area (Å²) in [7, 11) is 0. The van der Waals surface area contributed by atoms with Crippen LogP contribution in [0.5, 0.6) is 0 Å². The molecule has 172 valence electrons. The van der Waals surface area contributed by atoms with Crippen molar-refractivity contribution in [2.24, 2.45) is 0 Å². The Balaban J connectivity index is 1.30. The van der Waals surface area contributed by atoms with Gasteiger partial charge in [0.1, 0.15) is 5.82 Å². The van der Waals surface area contributed by atoms with E-state index in [4.69, 9.17) is 0 Å². The number of benzene rings is 4. The van der Waals surface area contributed by atoms with Crippen LogP contribution in [-0.2, 0) is 4.79 Å². The highest BCUT2D eigenvalue weighted by Gasteiger charge is 2.22. The van der Waals surface area contributed by atoms with E-state index in [0.717, 1.165) is 38.9 Å². The number of halogens is 1. The van der Waals surface area contributed by atoms with Crippen LogP contribution in [0.25, 0.3) is 11.3 Å². The molecule has 4 aromatic carbocycles. The number of hydrogen-bond acceptors (Lipinski definition) is 4. The van der Waals surface area contributed by atoms with Gasteiger partial charge in [-0.3, -0.25) is 4.79 Å². The molecule has 0 atom stereocenters. The Bertz CT molecular complexity index is 1360. The van der Waals surface area contributed by atoms with Crippen molar-refractivity contribution in [1.82, 2.24) is 4.98 Å². The second-order valence-electron chi connectivity index (χ2n) is 7.99. The number of rotatable bonds is 7. The standard InChI is InChI=1S/C29H22FN3OS/c30-23-13-17-25(18-14-23)32-29-33-26(19-35-29)20-11-15-24(16-12-20)31-28(34)27(21-7-3-1-4-8-21)22-9-5-2-6-10-22/h1-19,27H,(H,31,34)(H,32,33). The largest absolute Gasteiger partial charge is 0.332 e. The number of thiazole rings is 1. The summed E-state index contributed by atoms with van der Waals surface area (Å²) < 4.78 is 13.1. The summed E-state index contributed by atoms with van der Waals surface area (Å²) in [6, 6.07) is 33.4. The Morgan fingerprint density at radius 1 is 0.743 bits per heavy atom. The number of hydrogen-bond donors (Lipinski definition) is 2. The molecule has 0 saturated carbocycles. The topological polar surface area (TPSA) is 54.0 Å². The van der Waals surface area contributed by atoms with Gasteiger partial charge in [0, 0.05) is 22.3 Å². The number of aromatic nitrogens is 1. The Kier molecular flexibility index (Phi) is 6.63. The van der Waals surface area contributed by atoms with Crippen LogP contribution in [0.4, 0.5) is 20.9 Å². The van der Waals surface area contributed by atoms with Crippen molar-refractivity contribution in [3.05, 3.63) is 132 Å². The molecule has 2 N–H and O–H groups in total. The fourth-order valence-corrected chi connectivity index (χ4v) is 4.59. The number of carbonyl (C=O) groups excluding carboxylic acids is 1. The summed E-state index contributed by atoms with van der Waals surface area (Å²) in [6.07, 6.45) is 0. The van der Waals surface area contributed by atoms with Crippen molar-refractivity contribution >= 4 is 33.8 Å². The van der Waals surface area contributed by atoms with Crippen molar-refractivity contribution in [3.63, 3.8) is 0 Å². The Hall–Kier alpha value is -4.29. The van der Waals surface area contributed by atoms with Crippen LogP contribution in [0, 0.1) is 5.82 Å². The van der Waals surface area contributed by atoms with Gasteiger partial charge in [-0.05, 0) is 47.5 Å². The minimum absolute atomic E-state index is 0.0883. The molecule has 5 aromatic rings. The predicted molar refractivity (Wildman–Crippen MR) is 141 cm³/mol. The Labute approximate surface area is 207 Å². The molecule has 0 fully saturated rings. The average molecular weight is 480 g/mol. The molecule has 0 aliphatic rings. The van der Waals surface area contributed by atoms with Crippen LogP contribution < -0.4 is 10.6 Å². The molecule has 0 aliphatic heterocycles. The average Bonchev–Trinajstić information content (AvgIpc) is 3.36. The molecule has 0 radical (unpaired) electrons. The first-order chi connectivity index (χ1) is 17.2. The zero-order valence-electron chi connectivity index (χ0n) is 18.7. The number of nitrogens with zero attached hydrogens (tertiary/aromatic N) is 1.